The average Bonchev–Trinajstić information content (AvgIpc) is 3.09. The number of urea groups is 1. The van der Waals surface area contributed by atoms with Gasteiger partial charge in [-0.05, 0) is 31.2 Å². The van der Waals surface area contributed by atoms with Crippen LogP contribution in [0, 0.1) is 6.92 Å². The first-order chi connectivity index (χ1) is 10.1. The Morgan fingerprint density at radius 2 is 2.05 bits per heavy atom. The van der Waals surface area contributed by atoms with Crippen LogP contribution in [0.25, 0.3) is 0 Å². The minimum atomic E-state index is -0.0324. The third-order valence-corrected chi connectivity index (χ3v) is 4.92. The van der Waals surface area contributed by atoms with Gasteiger partial charge in [0.25, 0.3) is 0 Å². The Hall–Kier alpha value is -1.88. The van der Waals surface area contributed by atoms with Gasteiger partial charge in [0.1, 0.15) is 5.37 Å². The average molecular weight is 301 g/mol. The van der Waals surface area contributed by atoms with Gasteiger partial charge in [-0.15, -0.1) is 11.8 Å². The van der Waals surface area contributed by atoms with Crippen molar-refractivity contribution in [2.24, 2.45) is 7.05 Å². The predicted octanol–water partition coefficient (Wildman–Crippen LogP) is 3.61. The third kappa shape index (κ3) is 2.93. The van der Waals surface area contributed by atoms with Gasteiger partial charge in [-0.3, -0.25) is 0 Å². The summed E-state index contributed by atoms with van der Waals surface area (Å²) in [6.45, 7) is 2.81. The van der Waals surface area contributed by atoms with Crippen LogP contribution in [0.3, 0.4) is 0 Å². The minimum Gasteiger partial charge on any atom is -0.352 e. The molecule has 2 aromatic rings. The van der Waals surface area contributed by atoms with Gasteiger partial charge < -0.3 is 14.8 Å². The van der Waals surface area contributed by atoms with Crippen molar-refractivity contribution in [1.82, 2.24) is 9.47 Å². The zero-order chi connectivity index (χ0) is 14.8. The number of amides is 2. The van der Waals surface area contributed by atoms with Crippen molar-refractivity contribution in [3.8, 4) is 0 Å². The van der Waals surface area contributed by atoms with Crippen molar-refractivity contribution in [2.75, 3.05) is 17.6 Å². The maximum atomic E-state index is 12.5. The van der Waals surface area contributed by atoms with Crippen molar-refractivity contribution in [2.45, 2.75) is 12.3 Å². The summed E-state index contributed by atoms with van der Waals surface area (Å²) < 4.78 is 2.08. The van der Waals surface area contributed by atoms with Crippen LogP contribution in [0.4, 0.5) is 10.5 Å². The molecule has 110 valence electrons. The highest BCUT2D eigenvalue weighted by Crippen LogP contribution is 2.38. The van der Waals surface area contributed by atoms with E-state index in [1.807, 2.05) is 67.2 Å². The predicted molar refractivity (Wildman–Crippen MR) is 87.5 cm³/mol. The fourth-order valence-electron chi connectivity index (χ4n) is 2.49. The summed E-state index contributed by atoms with van der Waals surface area (Å²) in [7, 11) is 2.02. The van der Waals surface area contributed by atoms with Gasteiger partial charge in [-0.2, -0.15) is 0 Å². The number of aryl methyl sites for hydroxylation is 2. The number of carbonyl (C=O) groups is 1. The molecule has 1 fully saturated rings. The molecule has 21 heavy (non-hydrogen) atoms. The van der Waals surface area contributed by atoms with Crippen LogP contribution in [0.15, 0.2) is 42.6 Å². The van der Waals surface area contributed by atoms with E-state index in [2.05, 4.69) is 16.0 Å². The van der Waals surface area contributed by atoms with Crippen LogP contribution < -0.4 is 5.32 Å². The second-order valence-corrected chi connectivity index (χ2v) is 6.44. The summed E-state index contributed by atoms with van der Waals surface area (Å²) in [5.41, 5.74) is 3.19. The van der Waals surface area contributed by atoms with Gasteiger partial charge in [0.2, 0.25) is 0 Å². The highest BCUT2D eigenvalue weighted by Gasteiger charge is 2.32. The summed E-state index contributed by atoms with van der Waals surface area (Å²) in [4.78, 5) is 14.4. The molecule has 0 aliphatic carbocycles. The van der Waals surface area contributed by atoms with E-state index < -0.39 is 0 Å². The Labute approximate surface area is 129 Å². The second-order valence-electron chi connectivity index (χ2n) is 5.26. The highest BCUT2D eigenvalue weighted by atomic mass is 32.2. The molecule has 1 N–H and O–H groups in total. The van der Waals surface area contributed by atoms with Crippen molar-refractivity contribution in [3.05, 3.63) is 53.9 Å². The maximum absolute atomic E-state index is 12.5. The Kier molecular flexibility index (Phi) is 3.92. The van der Waals surface area contributed by atoms with E-state index in [1.54, 1.807) is 0 Å². The molecule has 0 bridgehead atoms. The van der Waals surface area contributed by atoms with Gasteiger partial charge >= 0.3 is 6.03 Å². The van der Waals surface area contributed by atoms with Gasteiger partial charge in [0.05, 0.1) is 5.69 Å². The number of aromatic nitrogens is 1. The summed E-state index contributed by atoms with van der Waals surface area (Å²) in [6, 6.07) is 11.9. The topological polar surface area (TPSA) is 37.3 Å². The number of nitrogens with zero attached hydrogens (tertiary/aromatic N) is 2. The number of benzene rings is 1. The summed E-state index contributed by atoms with van der Waals surface area (Å²) in [6.07, 6.45) is 2.02. The third-order valence-electron chi connectivity index (χ3n) is 3.69. The lowest BCUT2D eigenvalue weighted by molar-refractivity contribution is 0.213. The maximum Gasteiger partial charge on any atom is 0.323 e. The molecule has 0 spiro atoms. The number of nitrogens with one attached hydrogen (secondary N) is 1. The lowest BCUT2D eigenvalue weighted by atomic mass is 10.2. The molecule has 1 aliphatic rings. The highest BCUT2D eigenvalue weighted by molar-refractivity contribution is 7.99. The lowest BCUT2D eigenvalue weighted by Gasteiger charge is -2.24. The van der Waals surface area contributed by atoms with E-state index in [0.717, 1.165) is 23.7 Å². The van der Waals surface area contributed by atoms with Crippen molar-refractivity contribution >= 4 is 23.5 Å². The molecule has 1 aromatic carbocycles. The second kappa shape index (κ2) is 5.85. The van der Waals surface area contributed by atoms with Crippen LogP contribution in [0.1, 0.15) is 16.6 Å². The number of carbonyl (C=O) groups excluding carboxylic acids is 1. The van der Waals surface area contributed by atoms with Crippen LogP contribution in [0.2, 0.25) is 0 Å². The Morgan fingerprint density at radius 3 is 2.71 bits per heavy atom. The first-order valence-electron chi connectivity index (χ1n) is 7.02. The van der Waals surface area contributed by atoms with Crippen LogP contribution in [0.5, 0.6) is 0 Å². The summed E-state index contributed by atoms with van der Waals surface area (Å²) in [5.74, 6) is 0.969. The standard InChI is InChI=1S/C16H19N3OS/c1-12-5-7-13(8-6-12)17-16(20)19-10-11-21-15(19)14-4-3-9-18(14)2/h3-9,15H,10-11H2,1-2H3,(H,17,20)/t15-/m1/s1. The van der Waals surface area contributed by atoms with Gasteiger partial charge in [0, 0.05) is 31.2 Å². The molecule has 5 heteroatoms. The molecular weight excluding hydrogens is 282 g/mol. The molecule has 0 unspecified atom stereocenters. The molecule has 2 amide bonds. The van der Waals surface area contributed by atoms with E-state index >= 15 is 0 Å². The Balaban J connectivity index is 1.74. The van der Waals surface area contributed by atoms with Crippen molar-refractivity contribution in [3.63, 3.8) is 0 Å². The van der Waals surface area contributed by atoms with Gasteiger partial charge in [-0.25, -0.2) is 4.79 Å². The quantitative estimate of drug-likeness (QED) is 0.920. The minimum absolute atomic E-state index is 0.0324. The van der Waals surface area contributed by atoms with Crippen molar-refractivity contribution in [1.29, 1.82) is 0 Å². The summed E-state index contributed by atoms with van der Waals surface area (Å²) >= 11 is 1.81. The number of anilines is 1. The zero-order valence-corrected chi connectivity index (χ0v) is 13.1. The zero-order valence-electron chi connectivity index (χ0n) is 12.2. The monoisotopic (exact) mass is 301 g/mol. The molecule has 4 nitrogen and oxygen atoms in total. The fraction of sp³-hybridized carbons (Fsp3) is 0.312. The molecule has 1 atom stereocenters. The molecule has 0 radical (unpaired) electrons. The van der Waals surface area contributed by atoms with Crippen LogP contribution in [-0.2, 0) is 7.05 Å². The first kappa shape index (κ1) is 14.1. The lowest BCUT2D eigenvalue weighted by Crippen LogP contribution is -2.34. The van der Waals surface area contributed by atoms with E-state index in [1.165, 1.54) is 5.56 Å². The Morgan fingerprint density at radius 1 is 1.29 bits per heavy atom. The van der Waals surface area contributed by atoms with Crippen molar-refractivity contribution < 1.29 is 4.79 Å². The molecule has 1 aliphatic heterocycles. The Bertz CT molecular complexity index is 635. The smallest absolute Gasteiger partial charge is 0.323 e. The van der Waals surface area contributed by atoms with E-state index in [-0.39, 0.29) is 11.4 Å². The number of rotatable bonds is 2. The molecule has 3 rings (SSSR count). The first-order valence-corrected chi connectivity index (χ1v) is 8.07. The molecule has 1 aromatic heterocycles. The van der Waals surface area contributed by atoms with Gasteiger partial charge in [-0.1, -0.05) is 17.7 Å². The normalized spacial score (nSPS) is 18.0. The summed E-state index contributed by atoms with van der Waals surface area (Å²) in [5, 5.41) is 3.08. The SMILES string of the molecule is Cc1ccc(NC(=O)N2CCS[C@@H]2c2cccn2C)cc1. The number of thioether (sulfide) groups is 1. The van der Waals surface area contributed by atoms with Crippen LogP contribution in [-0.4, -0.2) is 27.8 Å². The van der Waals surface area contributed by atoms with Crippen LogP contribution >= 0.6 is 11.8 Å². The molecule has 0 saturated carbocycles. The van der Waals surface area contributed by atoms with Gasteiger partial charge in [0.15, 0.2) is 0 Å². The molecule has 2 heterocycles. The van der Waals surface area contributed by atoms with E-state index in [9.17, 15) is 4.79 Å². The number of hydrogen-bond donors (Lipinski definition) is 1. The van der Waals surface area contributed by atoms with E-state index in [0.29, 0.717) is 0 Å². The molecule has 1 saturated heterocycles. The van der Waals surface area contributed by atoms with E-state index in [4.69, 9.17) is 0 Å². The molecular formula is C16H19N3OS. The largest absolute Gasteiger partial charge is 0.352 e. The number of hydrogen-bond acceptors (Lipinski definition) is 2. The fourth-order valence-corrected chi connectivity index (χ4v) is 3.81.